The third-order valence-corrected chi connectivity index (χ3v) is 2.93. The van der Waals surface area contributed by atoms with Gasteiger partial charge in [-0.15, -0.1) is 0 Å². The van der Waals surface area contributed by atoms with E-state index in [1.165, 1.54) is 6.07 Å². The van der Waals surface area contributed by atoms with Crippen LogP contribution in [0.5, 0.6) is 0 Å². The highest BCUT2D eigenvalue weighted by Crippen LogP contribution is 2.12. The molecule has 1 heterocycles. The molecule has 1 atom stereocenters. The second-order valence-corrected chi connectivity index (χ2v) is 4.69. The molecule has 2 rings (SSSR count). The average Bonchev–Trinajstić information content (AvgIpc) is 2.85. The lowest BCUT2D eigenvalue weighted by Crippen LogP contribution is -2.24. The molecule has 0 saturated carbocycles. The highest BCUT2D eigenvalue weighted by Gasteiger charge is 2.21. The normalized spacial score (nSPS) is 11.9. The lowest BCUT2D eigenvalue weighted by atomic mass is 10.1. The molecule has 0 saturated heterocycles. The van der Waals surface area contributed by atoms with Crippen LogP contribution in [0.15, 0.2) is 40.8 Å². The Bertz CT molecular complexity index is 622. The van der Waals surface area contributed by atoms with Crippen LogP contribution in [0.25, 0.3) is 0 Å². The second-order valence-electron chi connectivity index (χ2n) is 4.69. The highest BCUT2D eigenvalue weighted by molar-refractivity contribution is 6.01. The molecular weight excluding hydrogens is 256 g/mol. The van der Waals surface area contributed by atoms with E-state index in [4.69, 9.17) is 9.15 Å². The summed E-state index contributed by atoms with van der Waals surface area (Å²) in [7, 11) is 0. The fourth-order valence-corrected chi connectivity index (χ4v) is 1.77. The molecule has 0 N–H and O–H groups in total. The summed E-state index contributed by atoms with van der Waals surface area (Å²) in [6.07, 6.45) is -0.851. The van der Waals surface area contributed by atoms with E-state index in [0.29, 0.717) is 11.3 Å². The minimum atomic E-state index is -0.851. The molecule has 104 valence electrons. The number of hydrogen-bond acceptors (Lipinski definition) is 4. The summed E-state index contributed by atoms with van der Waals surface area (Å²) in [5.41, 5.74) is 1.59. The van der Waals surface area contributed by atoms with Crippen LogP contribution in [-0.2, 0) is 4.74 Å². The van der Waals surface area contributed by atoms with E-state index in [2.05, 4.69) is 0 Å². The number of aryl methyl sites for hydroxylation is 2. The first-order valence-corrected chi connectivity index (χ1v) is 6.35. The molecule has 20 heavy (non-hydrogen) atoms. The molecule has 1 aromatic heterocycles. The van der Waals surface area contributed by atoms with E-state index in [0.717, 1.165) is 5.56 Å². The molecule has 0 fully saturated rings. The van der Waals surface area contributed by atoms with Gasteiger partial charge >= 0.3 is 5.97 Å². The molecule has 0 aliphatic heterocycles. The Hall–Kier alpha value is -2.36. The van der Waals surface area contributed by atoms with Crippen molar-refractivity contribution in [3.63, 3.8) is 0 Å². The molecular formula is C16H16O4. The summed E-state index contributed by atoms with van der Waals surface area (Å²) in [6.45, 7) is 5.23. The van der Waals surface area contributed by atoms with Crippen LogP contribution in [0, 0.1) is 13.8 Å². The summed E-state index contributed by atoms with van der Waals surface area (Å²) >= 11 is 0. The first kappa shape index (κ1) is 14.1. The topological polar surface area (TPSA) is 56.5 Å². The van der Waals surface area contributed by atoms with Crippen LogP contribution in [-0.4, -0.2) is 17.9 Å². The quantitative estimate of drug-likeness (QED) is 0.632. The Kier molecular flexibility index (Phi) is 4.03. The van der Waals surface area contributed by atoms with E-state index in [9.17, 15) is 9.59 Å². The minimum Gasteiger partial charge on any atom is -0.454 e. The summed E-state index contributed by atoms with van der Waals surface area (Å²) < 4.78 is 10.3. The molecule has 0 bridgehead atoms. The van der Waals surface area contributed by atoms with E-state index in [1.807, 2.05) is 19.1 Å². The highest BCUT2D eigenvalue weighted by atomic mass is 16.6. The maximum absolute atomic E-state index is 12.1. The first-order valence-electron chi connectivity index (χ1n) is 6.35. The number of Topliss-reactive ketones (excluding diaryl/α,β-unsaturated/α-hetero) is 1. The van der Waals surface area contributed by atoms with Crippen LogP contribution in [0.2, 0.25) is 0 Å². The number of ketones is 1. The summed E-state index contributed by atoms with van der Waals surface area (Å²) in [4.78, 5) is 23.9. The van der Waals surface area contributed by atoms with E-state index in [-0.39, 0.29) is 11.5 Å². The number of esters is 1. The van der Waals surface area contributed by atoms with E-state index in [1.54, 1.807) is 32.0 Å². The third-order valence-electron chi connectivity index (χ3n) is 2.93. The van der Waals surface area contributed by atoms with Gasteiger partial charge in [-0.2, -0.15) is 0 Å². The van der Waals surface area contributed by atoms with Crippen molar-refractivity contribution in [1.82, 2.24) is 0 Å². The first-order chi connectivity index (χ1) is 9.47. The number of rotatable bonds is 4. The van der Waals surface area contributed by atoms with Crippen LogP contribution >= 0.6 is 0 Å². The smallest absolute Gasteiger partial charge is 0.374 e. The fraction of sp³-hybridized carbons (Fsp3) is 0.250. The zero-order valence-electron chi connectivity index (χ0n) is 11.7. The van der Waals surface area contributed by atoms with Crippen molar-refractivity contribution in [2.45, 2.75) is 26.9 Å². The van der Waals surface area contributed by atoms with Gasteiger partial charge in [0.1, 0.15) is 5.76 Å². The maximum atomic E-state index is 12.1. The van der Waals surface area contributed by atoms with Crippen molar-refractivity contribution in [3.8, 4) is 0 Å². The lowest BCUT2D eigenvalue weighted by molar-refractivity contribution is 0.0288. The number of ether oxygens (including phenoxy) is 1. The van der Waals surface area contributed by atoms with Crippen molar-refractivity contribution in [1.29, 1.82) is 0 Å². The van der Waals surface area contributed by atoms with Crippen molar-refractivity contribution in [3.05, 3.63) is 59.0 Å². The molecule has 0 spiro atoms. The molecule has 2 aromatic rings. The van der Waals surface area contributed by atoms with Gasteiger partial charge in [-0.05, 0) is 32.9 Å². The van der Waals surface area contributed by atoms with Gasteiger partial charge in [0.25, 0.3) is 0 Å². The average molecular weight is 272 g/mol. The molecule has 0 amide bonds. The van der Waals surface area contributed by atoms with Gasteiger partial charge in [0.05, 0.1) is 0 Å². The molecule has 4 nitrogen and oxygen atoms in total. The van der Waals surface area contributed by atoms with Gasteiger partial charge in [-0.3, -0.25) is 4.79 Å². The Balaban J connectivity index is 2.04. The van der Waals surface area contributed by atoms with Crippen LogP contribution in [0.4, 0.5) is 0 Å². The van der Waals surface area contributed by atoms with Gasteiger partial charge in [0.15, 0.2) is 6.10 Å². The van der Waals surface area contributed by atoms with Crippen LogP contribution in [0.1, 0.15) is 39.2 Å². The van der Waals surface area contributed by atoms with Crippen LogP contribution < -0.4 is 0 Å². The van der Waals surface area contributed by atoms with Crippen molar-refractivity contribution >= 4 is 11.8 Å². The predicted octanol–water partition coefficient (Wildman–Crippen LogP) is 3.32. The number of carbonyl (C=O) groups excluding carboxylic acids is 2. The van der Waals surface area contributed by atoms with Gasteiger partial charge < -0.3 is 9.15 Å². The SMILES string of the molecule is Cc1ccc(C(=O)C(C)OC(=O)c2ccc(C)o2)cc1. The molecule has 1 unspecified atom stereocenters. The van der Waals surface area contributed by atoms with Crippen molar-refractivity contribution < 1.29 is 18.7 Å². The zero-order chi connectivity index (χ0) is 14.7. The number of hydrogen-bond donors (Lipinski definition) is 0. The molecule has 1 aromatic carbocycles. The lowest BCUT2D eigenvalue weighted by Gasteiger charge is -2.11. The fourth-order valence-electron chi connectivity index (χ4n) is 1.77. The zero-order valence-corrected chi connectivity index (χ0v) is 11.7. The Morgan fingerprint density at radius 2 is 1.70 bits per heavy atom. The van der Waals surface area contributed by atoms with Crippen LogP contribution in [0.3, 0.4) is 0 Å². The van der Waals surface area contributed by atoms with E-state index >= 15 is 0 Å². The van der Waals surface area contributed by atoms with Crippen molar-refractivity contribution in [2.24, 2.45) is 0 Å². The summed E-state index contributed by atoms with van der Waals surface area (Å²) in [5.74, 6) is -0.145. The van der Waals surface area contributed by atoms with Gasteiger partial charge in [0, 0.05) is 5.56 Å². The van der Waals surface area contributed by atoms with Gasteiger partial charge in [-0.1, -0.05) is 29.8 Å². The summed E-state index contributed by atoms with van der Waals surface area (Å²) in [6, 6.07) is 10.3. The molecule has 0 aliphatic rings. The minimum absolute atomic E-state index is 0.103. The molecule has 4 heteroatoms. The number of carbonyl (C=O) groups is 2. The Morgan fingerprint density at radius 1 is 1.05 bits per heavy atom. The third kappa shape index (κ3) is 3.15. The Morgan fingerprint density at radius 3 is 2.25 bits per heavy atom. The number of benzene rings is 1. The Labute approximate surface area is 117 Å². The maximum Gasteiger partial charge on any atom is 0.374 e. The molecule has 0 aliphatic carbocycles. The summed E-state index contributed by atoms with van der Waals surface area (Å²) in [5, 5.41) is 0. The van der Waals surface area contributed by atoms with Gasteiger partial charge in [-0.25, -0.2) is 4.79 Å². The number of furan rings is 1. The van der Waals surface area contributed by atoms with E-state index < -0.39 is 12.1 Å². The van der Waals surface area contributed by atoms with Crippen molar-refractivity contribution in [2.75, 3.05) is 0 Å². The second kappa shape index (κ2) is 5.74. The van der Waals surface area contributed by atoms with Gasteiger partial charge in [0.2, 0.25) is 11.5 Å². The standard InChI is InChI=1S/C16H16O4/c1-10-4-7-13(8-5-10)15(17)12(3)20-16(18)14-9-6-11(2)19-14/h4-9,12H,1-3H3. The molecule has 0 radical (unpaired) electrons. The predicted molar refractivity (Wildman–Crippen MR) is 73.8 cm³/mol. The largest absolute Gasteiger partial charge is 0.454 e. The monoisotopic (exact) mass is 272 g/mol.